The third-order valence-electron chi connectivity index (χ3n) is 10.7. The van der Waals surface area contributed by atoms with Crippen LogP contribution in [-0.4, -0.2) is 82.6 Å². The fourth-order valence-corrected chi connectivity index (χ4v) is 8.96. The van der Waals surface area contributed by atoms with Crippen molar-refractivity contribution in [3.63, 3.8) is 0 Å². The fraction of sp³-hybridized carbons (Fsp3) is 0.514. The molecule has 4 fully saturated rings. The number of hydrogen-bond acceptors (Lipinski definition) is 8. The number of phenols is 1. The number of nitrogens with one attached hydrogen (secondary N) is 1. The highest BCUT2D eigenvalue weighted by atomic mass is 35.5. The summed E-state index contributed by atoms with van der Waals surface area (Å²) in [7, 11) is 0. The zero-order chi connectivity index (χ0) is 32.4. The quantitative estimate of drug-likeness (QED) is 0.221. The SMILES string of the molecule is CC(COc1nc(N2CC3CCC(C2)N3)c2cc(Cl)c(-c3cc(O)cc4ccccc34)c(F)c2n1)CN1C(C)CC2CC1CC(C)O2. The van der Waals surface area contributed by atoms with Crippen molar-refractivity contribution in [3.8, 4) is 22.9 Å². The van der Waals surface area contributed by atoms with Gasteiger partial charge in [-0.2, -0.15) is 9.97 Å². The number of fused-ring (bicyclic) bond motifs is 6. The summed E-state index contributed by atoms with van der Waals surface area (Å²) in [5.41, 5.74) is 0.891. The zero-order valence-corrected chi connectivity index (χ0v) is 28.0. The first kappa shape index (κ1) is 31.1. The fourth-order valence-electron chi connectivity index (χ4n) is 8.66. The lowest BCUT2D eigenvalue weighted by Gasteiger charge is -2.49. The Morgan fingerprint density at radius 3 is 2.66 bits per heavy atom. The average molecular weight is 660 g/mol. The van der Waals surface area contributed by atoms with Crippen molar-refractivity contribution in [1.82, 2.24) is 20.2 Å². The van der Waals surface area contributed by atoms with Gasteiger partial charge in [-0.1, -0.05) is 42.8 Å². The summed E-state index contributed by atoms with van der Waals surface area (Å²) >= 11 is 6.92. The number of piperazine rings is 1. The molecule has 4 aliphatic heterocycles. The van der Waals surface area contributed by atoms with Gasteiger partial charge in [-0.25, -0.2) is 4.39 Å². The molecule has 4 aromatic rings. The lowest BCUT2D eigenvalue weighted by molar-refractivity contribution is -0.123. The Kier molecular flexibility index (Phi) is 8.15. The molecule has 47 heavy (non-hydrogen) atoms. The monoisotopic (exact) mass is 659 g/mol. The predicted octanol–water partition coefficient (Wildman–Crippen LogP) is 6.93. The number of hydrogen-bond donors (Lipinski definition) is 2. The van der Waals surface area contributed by atoms with Crippen LogP contribution in [0.2, 0.25) is 5.02 Å². The Labute approximate surface area is 280 Å². The summed E-state index contributed by atoms with van der Waals surface area (Å²) in [5.74, 6) is 0.360. The van der Waals surface area contributed by atoms with E-state index in [4.69, 9.17) is 31.0 Å². The van der Waals surface area contributed by atoms with Gasteiger partial charge in [-0.15, -0.1) is 0 Å². The smallest absolute Gasteiger partial charge is 0.319 e. The highest BCUT2D eigenvalue weighted by Crippen LogP contribution is 2.43. The maximum Gasteiger partial charge on any atom is 0.319 e. The molecule has 1 aromatic heterocycles. The number of aromatic nitrogens is 2. The normalized spacial score (nSPS) is 28.2. The van der Waals surface area contributed by atoms with E-state index < -0.39 is 5.82 Å². The van der Waals surface area contributed by atoms with Gasteiger partial charge >= 0.3 is 6.01 Å². The number of likely N-dealkylation sites (tertiary alicyclic amines) is 1. The third kappa shape index (κ3) is 5.90. The number of halogens is 2. The van der Waals surface area contributed by atoms with Crippen molar-refractivity contribution in [2.24, 2.45) is 5.92 Å². The number of anilines is 1. The molecule has 7 atom stereocenters. The standard InChI is InChI=1S/C37H43ClFN5O3/c1-20(16-44-21(2)10-28-13-26(44)11-22(3)47-28)19-46-37-41-35-31(36(42-37)43-17-24-8-9-25(18-43)40-24)15-32(38)33(34(35)39)30-14-27(45)12-23-6-4-5-7-29(23)30/h4-7,12,14-15,20-22,24-26,28,40,45H,8-11,13,16-19H2,1-3H3. The largest absolute Gasteiger partial charge is 0.508 e. The van der Waals surface area contributed by atoms with Crippen molar-refractivity contribution in [3.05, 3.63) is 53.3 Å². The molecule has 5 heterocycles. The molecule has 7 unspecified atom stereocenters. The first-order valence-electron chi connectivity index (χ1n) is 17.2. The van der Waals surface area contributed by atoms with Crippen LogP contribution in [0.1, 0.15) is 52.9 Å². The lowest BCUT2D eigenvalue weighted by atomic mass is 9.87. The van der Waals surface area contributed by atoms with E-state index in [-0.39, 0.29) is 39.9 Å². The van der Waals surface area contributed by atoms with Gasteiger partial charge in [0.15, 0.2) is 5.82 Å². The maximum absolute atomic E-state index is 16.9. The van der Waals surface area contributed by atoms with Gasteiger partial charge in [0, 0.05) is 60.7 Å². The molecule has 3 aromatic carbocycles. The highest BCUT2D eigenvalue weighted by molar-refractivity contribution is 6.35. The number of rotatable bonds is 7. The van der Waals surface area contributed by atoms with Gasteiger partial charge in [-0.3, -0.25) is 4.90 Å². The Hall–Kier alpha value is -3.24. The number of phenolic OH excluding ortho intramolecular Hbond substituents is 1. The summed E-state index contributed by atoms with van der Waals surface area (Å²) in [6.07, 6.45) is 6.05. The van der Waals surface area contributed by atoms with E-state index in [1.807, 2.05) is 24.3 Å². The first-order valence-corrected chi connectivity index (χ1v) is 17.5. The van der Waals surface area contributed by atoms with Crippen molar-refractivity contribution < 1.29 is 19.0 Å². The molecule has 248 valence electrons. The van der Waals surface area contributed by atoms with Gasteiger partial charge < -0.3 is 24.8 Å². The Morgan fingerprint density at radius 2 is 1.85 bits per heavy atom. The molecule has 0 saturated carbocycles. The van der Waals surface area contributed by atoms with Crippen LogP contribution in [0.15, 0.2) is 42.5 Å². The second-order valence-electron chi connectivity index (χ2n) is 14.4. The van der Waals surface area contributed by atoms with E-state index in [2.05, 4.69) is 35.9 Å². The van der Waals surface area contributed by atoms with Crippen molar-refractivity contribution in [2.45, 2.75) is 89.3 Å². The summed E-state index contributed by atoms with van der Waals surface area (Å²) in [6.45, 7) is 9.55. The molecule has 8 nitrogen and oxygen atoms in total. The van der Waals surface area contributed by atoms with Crippen LogP contribution in [0.5, 0.6) is 11.8 Å². The molecule has 10 heteroatoms. The second-order valence-corrected chi connectivity index (χ2v) is 14.8. The van der Waals surface area contributed by atoms with E-state index in [0.29, 0.717) is 53.6 Å². The number of benzene rings is 3. The predicted molar refractivity (Wildman–Crippen MR) is 184 cm³/mol. The third-order valence-corrected chi connectivity index (χ3v) is 11.0. The Bertz CT molecular complexity index is 1810. The molecule has 2 N–H and O–H groups in total. The Morgan fingerprint density at radius 1 is 1.06 bits per heavy atom. The van der Waals surface area contributed by atoms with E-state index >= 15 is 4.39 Å². The van der Waals surface area contributed by atoms with E-state index in [9.17, 15) is 5.11 Å². The second kappa shape index (κ2) is 12.3. The molecule has 4 bridgehead atoms. The minimum Gasteiger partial charge on any atom is -0.508 e. The minimum atomic E-state index is -0.548. The van der Waals surface area contributed by atoms with Crippen molar-refractivity contribution in [2.75, 3.05) is 31.1 Å². The minimum absolute atomic E-state index is 0.0423. The highest BCUT2D eigenvalue weighted by Gasteiger charge is 2.39. The first-order chi connectivity index (χ1) is 22.7. The van der Waals surface area contributed by atoms with Gasteiger partial charge in [0.05, 0.1) is 23.8 Å². The molecule has 4 aliphatic rings. The number of ether oxygens (including phenoxy) is 2. The summed E-state index contributed by atoms with van der Waals surface area (Å²) in [4.78, 5) is 14.5. The van der Waals surface area contributed by atoms with Gasteiger partial charge in [0.25, 0.3) is 0 Å². The van der Waals surface area contributed by atoms with Crippen molar-refractivity contribution >= 4 is 39.1 Å². The van der Waals surface area contributed by atoms with Gasteiger partial charge in [-0.05, 0) is 80.5 Å². The molecule has 4 saturated heterocycles. The molecular formula is C37H43ClFN5O3. The van der Waals surface area contributed by atoms with Crippen LogP contribution in [0.3, 0.4) is 0 Å². The van der Waals surface area contributed by atoms with Crippen LogP contribution in [0, 0.1) is 11.7 Å². The van der Waals surface area contributed by atoms with Crippen LogP contribution < -0.4 is 15.0 Å². The number of piperidine rings is 1. The van der Waals surface area contributed by atoms with Crippen LogP contribution in [0.4, 0.5) is 10.2 Å². The molecule has 0 radical (unpaired) electrons. The average Bonchev–Trinajstić information content (AvgIpc) is 3.38. The number of aromatic hydroxyl groups is 1. The topological polar surface area (TPSA) is 83.0 Å². The van der Waals surface area contributed by atoms with Gasteiger partial charge in [0.2, 0.25) is 0 Å². The summed E-state index contributed by atoms with van der Waals surface area (Å²) in [6, 6.07) is 14.5. The molecule has 8 rings (SSSR count). The molecule has 0 aliphatic carbocycles. The van der Waals surface area contributed by atoms with Crippen molar-refractivity contribution in [1.29, 1.82) is 0 Å². The van der Waals surface area contributed by atoms with Crippen LogP contribution >= 0.6 is 11.6 Å². The lowest BCUT2D eigenvalue weighted by Crippen LogP contribution is -2.56. The van der Waals surface area contributed by atoms with E-state index in [0.717, 1.165) is 62.5 Å². The molecule has 0 spiro atoms. The van der Waals surface area contributed by atoms with Crippen LogP contribution in [-0.2, 0) is 4.74 Å². The number of nitrogens with zero attached hydrogens (tertiary/aromatic N) is 4. The van der Waals surface area contributed by atoms with Gasteiger partial charge in [0.1, 0.15) is 17.1 Å². The maximum atomic E-state index is 16.9. The summed E-state index contributed by atoms with van der Waals surface area (Å²) < 4.78 is 29.4. The van der Waals surface area contributed by atoms with Crippen LogP contribution in [0.25, 0.3) is 32.8 Å². The van der Waals surface area contributed by atoms with E-state index in [1.165, 1.54) is 0 Å². The zero-order valence-electron chi connectivity index (χ0n) is 27.3. The molecule has 0 amide bonds. The molecular weight excluding hydrogens is 617 g/mol. The van der Waals surface area contributed by atoms with E-state index in [1.54, 1.807) is 18.2 Å². The Balaban J connectivity index is 1.15. The summed E-state index contributed by atoms with van der Waals surface area (Å²) in [5, 5.41) is 16.6.